The number of anilines is 1. The maximum atomic E-state index is 10.3. The Bertz CT molecular complexity index is 642. The van der Waals surface area contributed by atoms with Crippen LogP contribution in [0.15, 0.2) is 48.5 Å². The molecule has 0 radical (unpaired) electrons. The minimum Gasteiger partial charge on any atom is -0.387 e. The Labute approximate surface area is 148 Å². The van der Waals surface area contributed by atoms with E-state index < -0.39 is 6.10 Å². The fourth-order valence-corrected chi connectivity index (χ4v) is 3.05. The van der Waals surface area contributed by atoms with Crippen LogP contribution in [0.4, 0.5) is 5.69 Å². The molecule has 1 fully saturated rings. The lowest BCUT2D eigenvalue weighted by molar-refractivity contribution is 0.122. The van der Waals surface area contributed by atoms with Gasteiger partial charge in [0.2, 0.25) is 0 Å². The van der Waals surface area contributed by atoms with Gasteiger partial charge in [-0.05, 0) is 29.3 Å². The van der Waals surface area contributed by atoms with Gasteiger partial charge in [-0.2, -0.15) is 0 Å². The Hall–Kier alpha value is -1.59. The van der Waals surface area contributed by atoms with Crippen LogP contribution in [-0.2, 0) is 11.3 Å². The number of para-hydroxylation sites is 1. The van der Waals surface area contributed by atoms with Crippen LogP contribution < -0.4 is 10.2 Å². The van der Waals surface area contributed by atoms with Gasteiger partial charge in [0.05, 0.1) is 19.3 Å². The van der Waals surface area contributed by atoms with Crippen molar-refractivity contribution in [1.82, 2.24) is 5.32 Å². The zero-order valence-corrected chi connectivity index (χ0v) is 14.4. The number of hydrogen-bond acceptors (Lipinski definition) is 4. The van der Waals surface area contributed by atoms with Crippen molar-refractivity contribution in [3.8, 4) is 0 Å². The van der Waals surface area contributed by atoms with E-state index in [1.54, 1.807) is 12.1 Å². The molecule has 24 heavy (non-hydrogen) atoms. The molecule has 0 aliphatic carbocycles. The quantitative estimate of drug-likeness (QED) is 0.844. The smallest absolute Gasteiger partial charge is 0.0914 e. The summed E-state index contributed by atoms with van der Waals surface area (Å²) in [6, 6.07) is 15.7. The Morgan fingerprint density at radius 2 is 1.79 bits per heavy atom. The van der Waals surface area contributed by atoms with Crippen molar-refractivity contribution in [2.24, 2.45) is 0 Å². The van der Waals surface area contributed by atoms with Crippen LogP contribution in [0.1, 0.15) is 17.2 Å². The second kappa shape index (κ2) is 8.49. The molecule has 1 unspecified atom stereocenters. The zero-order valence-electron chi connectivity index (χ0n) is 13.6. The second-order valence-electron chi connectivity index (χ2n) is 5.93. The summed E-state index contributed by atoms with van der Waals surface area (Å²) in [6.45, 7) is 4.61. The third-order valence-corrected chi connectivity index (χ3v) is 4.50. The van der Waals surface area contributed by atoms with Crippen molar-refractivity contribution in [3.05, 3.63) is 64.7 Å². The lowest BCUT2D eigenvalue weighted by atomic mass is 10.1. The predicted octanol–water partition coefficient (Wildman–Crippen LogP) is 3.00. The molecular formula is C19H23ClN2O2. The number of rotatable bonds is 6. The number of ether oxygens (including phenoxy) is 1. The largest absolute Gasteiger partial charge is 0.387 e. The van der Waals surface area contributed by atoms with Gasteiger partial charge in [0.15, 0.2) is 0 Å². The van der Waals surface area contributed by atoms with E-state index in [1.165, 1.54) is 11.3 Å². The first kappa shape index (κ1) is 17.2. The number of nitrogens with zero attached hydrogens (tertiary/aromatic N) is 1. The van der Waals surface area contributed by atoms with E-state index in [0.29, 0.717) is 11.6 Å². The SMILES string of the molecule is OC(CNCc1ccccc1N1CCOCC1)c1ccc(Cl)cc1. The molecule has 2 N–H and O–H groups in total. The molecule has 2 aromatic carbocycles. The van der Waals surface area contributed by atoms with Crippen LogP contribution in [0.5, 0.6) is 0 Å². The van der Waals surface area contributed by atoms with Crippen molar-refractivity contribution in [1.29, 1.82) is 0 Å². The molecule has 0 aromatic heterocycles. The highest BCUT2D eigenvalue weighted by molar-refractivity contribution is 6.30. The average molecular weight is 347 g/mol. The number of halogens is 1. The summed E-state index contributed by atoms with van der Waals surface area (Å²) in [4.78, 5) is 2.36. The molecule has 1 heterocycles. The van der Waals surface area contributed by atoms with Gasteiger partial charge in [-0.1, -0.05) is 41.9 Å². The molecule has 5 heteroatoms. The first-order valence-corrected chi connectivity index (χ1v) is 8.66. The maximum absolute atomic E-state index is 10.3. The molecule has 0 spiro atoms. The van der Waals surface area contributed by atoms with E-state index in [0.717, 1.165) is 38.4 Å². The Morgan fingerprint density at radius 3 is 2.54 bits per heavy atom. The van der Waals surface area contributed by atoms with Crippen molar-refractivity contribution >= 4 is 17.3 Å². The van der Waals surface area contributed by atoms with Crippen LogP contribution in [0, 0.1) is 0 Å². The summed E-state index contributed by atoms with van der Waals surface area (Å²) in [5, 5.41) is 14.3. The number of morpholine rings is 1. The molecular weight excluding hydrogens is 324 g/mol. The third kappa shape index (κ3) is 4.48. The first-order valence-electron chi connectivity index (χ1n) is 8.29. The zero-order chi connectivity index (χ0) is 16.8. The van der Waals surface area contributed by atoms with Crippen molar-refractivity contribution < 1.29 is 9.84 Å². The van der Waals surface area contributed by atoms with Crippen molar-refractivity contribution in [3.63, 3.8) is 0 Å². The molecule has 4 nitrogen and oxygen atoms in total. The molecule has 1 atom stereocenters. The third-order valence-electron chi connectivity index (χ3n) is 4.25. The predicted molar refractivity (Wildman–Crippen MR) is 97.6 cm³/mol. The monoisotopic (exact) mass is 346 g/mol. The van der Waals surface area contributed by atoms with Gasteiger partial charge < -0.3 is 20.1 Å². The summed E-state index contributed by atoms with van der Waals surface area (Å²) in [7, 11) is 0. The van der Waals surface area contributed by atoms with Crippen LogP contribution in [0.3, 0.4) is 0 Å². The fourth-order valence-electron chi connectivity index (χ4n) is 2.92. The summed E-state index contributed by atoms with van der Waals surface area (Å²) >= 11 is 5.88. The minimum absolute atomic E-state index is 0.499. The lowest BCUT2D eigenvalue weighted by Gasteiger charge is -2.30. The van der Waals surface area contributed by atoms with E-state index in [1.807, 2.05) is 12.1 Å². The molecule has 3 rings (SSSR count). The topological polar surface area (TPSA) is 44.7 Å². The van der Waals surface area contributed by atoms with Gasteiger partial charge in [0, 0.05) is 36.9 Å². The highest BCUT2D eigenvalue weighted by Gasteiger charge is 2.14. The molecule has 2 aromatic rings. The fraction of sp³-hybridized carbons (Fsp3) is 0.368. The summed E-state index contributed by atoms with van der Waals surface area (Å²) in [5.41, 5.74) is 3.35. The molecule has 0 amide bonds. The number of nitrogens with one attached hydrogen (secondary N) is 1. The Kier molecular flexibility index (Phi) is 6.10. The average Bonchev–Trinajstić information content (AvgIpc) is 2.63. The van der Waals surface area contributed by atoms with E-state index in [4.69, 9.17) is 16.3 Å². The molecule has 0 saturated carbocycles. The van der Waals surface area contributed by atoms with Gasteiger partial charge in [0.1, 0.15) is 0 Å². The highest BCUT2D eigenvalue weighted by atomic mass is 35.5. The Balaban J connectivity index is 1.57. The maximum Gasteiger partial charge on any atom is 0.0914 e. The van der Waals surface area contributed by atoms with Crippen molar-refractivity contribution in [2.45, 2.75) is 12.6 Å². The standard InChI is InChI=1S/C19H23ClN2O2/c20-17-7-5-15(6-8-17)19(23)14-21-13-16-3-1-2-4-18(16)22-9-11-24-12-10-22/h1-8,19,21,23H,9-14H2. The number of hydrogen-bond donors (Lipinski definition) is 2. The molecule has 1 aliphatic rings. The van der Waals surface area contributed by atoms with E-state index >= 15 is 0 Å². The van der Waals surface area contributed by atoms with Gasteiger partial charge >= 0.3 is 0 Å². The summed E-state index contributed by atoms with van der Waals surface area (Å²) < 4.78 is 5.43. The molecule has 1 aliphatic heterocycles. The summed E-state index contributed by atoms with van der Waals surface area (Å²) in [6.07, 6.45) is -0.544. The van der Waals surface area contributed by atoms with Gasteiger partial charge in [-0.3, -0.25) is 0 Å². The van der Waals surface area contributed by atoms with Gasteiger partial charge in [-0.15, -0.1) is 0 Å². The van der Waals surface area contributed by atoms with Crippen LogP contribution in [-0.4, -0.2) is 38.0 Å². The minimum atomic E-state index is -0.544. The van der Waals surface area contributed by atoms with E-state index in [9.17, 15) is 5.11 Å². The Morgan fingerprint density at radius 1 is 1.08 bits per heavy atom. The second-order valence-corrected chi connectivity index (χ2v) is 6.36. The highest BCUT2D eigenvalue weighted by Crippen LogP contribution is 2.22. The van der Waals surface area contributed by atoms with Gasteiger partial charge in [0.25, 0.3) is 0 Å². The van der Waals surface area contributed by atoms with Crippen molar-refractivity contribution in [2.75, 3.05) is 37.7 Å². The molecule has 1 saturated heterocycles. The van der Waals surface area contributed by atoms with Gasteiger partial charge in [-0.25, -0.2) is 0 Å². The van der Waals surface area contributed by atoms with Crippen LogP contribution >= 0.6 is 11.6 Å². The van der Waals surface area contributed by atoms with Crippen LogP contribution in [0.2, 0.25) is 5.02 Å². The number of aliphatic hydroxyl groups is 1. The van der Waals surface area contributed by atoms with E-state index in [-0.39, 0.29) is 0 Å². The molecule has 128 valence electrons. The lowest BCUT2D eigenvalue weighted by Crippen LogP contribution is -2.37. The van der Waals surface area contributed by atoms with Crippen LogP contribution in [0.25, 0.3) is 0 Å². The summed E-state index contributed by atoms with van der Waals surface area (Å²) in [5.74, 6) is 0. The normalized spacial score (nSPS) is 16.2. The number of benzene rings is 2. The van der Waals surface area contributed by atoms with E-state index in [2.05, 4.69) is 34.5 Å². The first-order chi connectivity index (χ1) is 11.7. The number of aliphatic hydroxyl groups excluding tert-OH is 1. The molecule has 0 bridgehead atoms.